The normalized spacial score (nSPS) is 15.7. The molecule has 0 spiro atoms. The van der Waals surface area contributed by atoms with Gasteiger partial charge in [0.15, 0.2) is 5.65 Å². The Hall–Kier alpha value is -2.57. The smallest absolute Gasteiger partial charge is 0.285 e. The van der Waals surface area contributed by atoms with E-state index in [1.807, 2.05) is 30.3 Å². The first kappa shape index (κ1) is 17.8. The average Bonchev–Trinajstić information content (AvgIpc) is 3.26. The number of H-pyrrole nitrogens is 1. The third-order valence-electron chi connectivity index (χ3n) is 5.39. The van der Waals surface area contributed by atoms with Crippen LogP contribution in [0.4, 0.5) is 13.2 Å². The third-order valence-corrected chi connectivity index (χ3v) is 5.39. The fourth-order valence-corrected chi connectivity index (χ4v) is 4.05. The van der Waals surface area contributed by atoms with E-state index in [9.17, 15) is 18.0 Å². The Balaban J connectivity index is 1.92. The molecule has 0 amide bonds. The van der Waals surface area contributed by atoms with Gasteiger partial charge in [0.2, 0.25) is 0 Å². The first-order valence-electron chi connectivity index (χ1n) is 9.11. The fourth-order valence-electron chi connectivity index (χ4n) is 4.05. The van der Waals surface area contributed by atoms with Gasteiger partial charge in [-0.1, -0.05) is 43.2 Å². The van der Waals surface area contributed by atoms with Crippen molar-refractivity contribution >= 4 is 5.65 Å². The van der Waals surface area contributed by atoms with Gasteiger partial charge in [-0.3, -0.25) is 9.89 Å². The maximum atomic E-state index is 13.6. The van der Waals surface area contributed by atoms with Gasteiger partial charge in [0.25, 0.3) is 5.56 Å². The highest BCUT2D eigenvalue weighted by Gasteiger charge is 2.40. The molecule has 1 aliphatic rings. The van der Waals surface area contributed by atoms with E-state index < -0.39 is 17.4 Å². The number of rotatable bonds is 3. The number of halogens is 3. The standard InChI is InChI=1S/C20H20F3N3O/c1-12-15(11-13-7-3-2-4-8-13)19(27)26-18(24-12)16(14-9-5-6-10-14)17(25-26)20(21,22)23/h2-4,7-8,14,25H,5-6,9-11H2,1H3. The molecule has 1 fully saturated rings. The number of nitrogens with zero attached hydrogens (tertiary/aromatic N) is 2. The van der Waals surface area contributed by atoms with Gasteiger partial charge in [0.1, 0.15) is 5.69 Å². The van der Waals surface area contributed by atoms with Crippen LogP contribution in [0.15, 0.2) is 35.1 Å². The van der Waals surface area contributed by atoms with Crippen molar-refractivity contribution in [3.05, 3.63) is 68.8 Å². The van der Waals surface area contributed by atoms with E-state index in [0.717, 1.165) is 22.9 Å². The topological polar surface area (TPSA) is 50.2 Å². The molecule has 142 valence electrons. The van der Waals surface area contributed by atoms with E-state index >= 15 is 0 Å². The van der Waals surface area contributed by atoms with Gasteiger partial charge in [0, 0.05) is 23.2 Å². The lowest BCUT2D eigenvalue weighted by Gasteiger charge is -2.12. The van der Waals surface area contributed by atoms with Crippen LogP contribution in [-0.2, 0) is 12.6 Å². The highest BCUT2D eigenvalue weighted by molar-refractivity contribution is 5.54. The van der Waals surface area contributed by atoms with Crippen molar-refractivity contribution in [1.29, 1.82) is 0 Å². The van der Waals surface area contributed by atoms with E-state index in [0.29, 0.717) is 30.5 Å². The molecule has 0 saturated heterocycles. The van der Waals surface area contributed by atoms with Crippen LogP contribution in [0, 0.1) is 6.92 Å². The van der Waals surface area contributed by atoms with Crippen LogP contribution in [0.3, 0.4) is 0 Å². The molecule has 0 atom stereocenters. The molecule has 1 N–H and O–H groups in total. The minimum Gasteiger partial charge on any atom is -0.285 e. The molecule has 1 aromatic carbocycles. The lowest BCUT2D eigenvalue weighted by atomic mass is 9.97. The van der Waals surface area contributed by atoms with Gasteiger partial charge in [-0.15, -0.1) is 0 Å². The Morgan fingerprint density at radius 1 is 1.19 bits per heavy atom. The lowest BCUT2D eigenvalue weighted by Crippen LogP contribution is -2.22. The Kier molecular flexibility index (Phi) is 4.32. The number of hydrogen-bond acceptors (Lipinski definition) is 2. The second-order valence-corrected chi connectivity index (χ2v) is 7.18. The molecule has 0 unspecified atom stereocenters. The van der Waals surface area contributed by atoms with Crippen molar-refractivity contribution in [2.75, 3.05) is 0 Å². The maximum Gasteiger partial charge on any atom is 0.433 e. The molecular weight excluding hydrogens is 355 g/mol. The number of nitrogens with one attached hydrogen (secondary N) is 1. The number of fused-ring (bicyclic) bond motifs is 1. The Morgan fingerprint density at radius 2 is 1.85 bits per heavy atom. The minimum absolute atomic E-state index is 0.119. The first-order chi connectivity index (χ1) is 12.9. The molecule has 4 rings (SSSR count). The summed E-state index contributed by atoms with van der Waals surface area (Å²) in [4.78, 5) is 17.4. The Morgan fingerprint density at radius 3 is 2.48 bits per heavy atom. The number of aromatic amines is 1. The van der Waals surface area contributed by atoms with Gasteiger partial charge >= 0.3 is 6.18 Å². The first-order valence-corrected chi connectivity index (χ1v) is 9.11. The monoisotopic (exact) mass is 375 g/mol. The molecular formula is C20H20F3N3O. The summed E-state index contributed by atoms with van der Waals surface area (Å²) < 4.78 is 41.9. The Bertz CT molecular complexity index is 1030. The molecule has 7 heteroatoms. The van der Waals surface area contributed by atoms with E-state index in [4.69, 9.17) is 0 Å². The number of aromatic nitrogens is 3. The zero-order chi connectivity index (χ0) is 19.2. The largest absolute Gasteiger partial charge is 0.433 e. The van der Waals surface area contributed by atoms with Crippen LogP contribution < -0.4 is 5.56 Å². The van der Waals surface area contributed by atoms with Crippen molar-refractivity contribution in [2.24, 2.45) is 0 Å². The van der Waals surface area contributed by atoms with Gasteiger partial charge in [-0.05, 0) is 31.2 Å². The van der Waals surface area contributed by atoms with Crippen LogP contribution in [0.2, 0.25) is 0 Å². The summed E-state index contributed by atoms with van der Waals surface area (Å²) in [6.07, 6.45) is -1.04. The quantitative estimate of drug-likeness (QED) is 0.727. The second-order valence-electron chi connectivity index (χ2n) is 7.18. The molecule has 1 aliphatic carbocycles. The summed E-state index contributed by atoms with van der Waals surface area (Å²) in [5.41, 5.74) is 0.770. The summed E-state index contributed by atoms with van der Waals surface area (Å²) in [6.45, 7) is 1.69. The molecule has 4 nitrogen and oxygen atoms in total. The molecule has 0 bridgehead atoms. The van der Waals surface area contributed by atoms with Crippen LogP contribution in [0.5, 0.6) is 0 Å². The second kappa shape index (κ2) is 6.55. The van der Waals surface area contributed by atoms with Crippen LogP contribution >= 0.6 is 0 Å². The van der Waals surface area contributed by atoms with Crippen molar-refractivity contribution in [2.45, 2.75) is 51.1 Å². The van der Waals surface area contributed by atoms with Gasteiger partial charge in [-0.25, -0.2) is 9.50 Å². The van der Waals surface area contributed by atoms with E-state index in [1.165, 1.54) is 0 Å². The predicted molar refractivity (Wildman–Crippen MR) is 96.0 cm³/mol. The maximum absolute atomic E-state index is 13.6. The van der Waals surface area contributed by atoms with Crippen molar-refractivity contribution in [3.8, 4) is 0 Å². The fraction of sp³-hybridized carbons (Fsp3) is 0.400. The SMILES string of the molecule is Cc1nc2c(C3CCCC3)c(C(F)(F)F)[nH]n2c(=O)c1Cc1ccccc1. The summed E-state index contributed by atoms with van der Waals surface area (Å²) in [5.74, 6) is -0.214. The van der Waals surface area contributed by atoms with Crippen molar-refractivity contribution < 1.29 is 13.2 Å². The molecule has 2 heterocycles. The molecule has 0 aliphatic heterocycles. The van der Waals surface area contributed by atoms with E-state index in [1.54, 1.807) is 6.92 Å². The zero-order valence-electron chi connectivity index (χ0n) is 14.9. The van der Waals surface area contributed by atoms with Gasteiger partial charge in [0.05, 0.1) is 0 Å². The summed E-state index contributed by atoms with van der Waals surface area (Å²) >= 11 is 0. The summed E-state index contributed by atoms with van der Waals surface area (Å²) in [5, 5.41) is 2.32. The molecule has 1 saturated carbocycles. The molecule has 3 aromatic rings. The van der Waals surface area contributed by atoms with Gasteiger partial charge in [-0.2, -0.15) is 13.2 Å². The predicted octanol–water partition coefficient (Wildman–Crippen LogP) is 4.60. The van der Waals surface area contributed by atoms with E-state index in [2.05, 4.69) is 10.1 Å². The average molecular weight is 375 g/mol. The third kappa shape index (κ3) is 3.15. The number of hydrogen-bond donors (Lipinski definition) is 1. The van der Waals surface area contributed by atoms with Crippen molar-refractivity contribution in [3.63, 3.8) is 0 Å². The number of alkyl halides is 3. The van der Waals surface area contributed by atoms with E-state index in [-0.39, 0.29) is 17.1 Å². The van der Waals surface area contributed by atoms with Crippen LogP contribution in [0.1, 0.15) is 59.7 Å². The van der Waals surface area contributed by atoms with Crippen LogP contribution in [0.25, 0.3) is 5.65 Å². The highest BCUT2D eigenvalue weighted by Crippen LogP contribution is 2.42. The van der Waals surface area contributed by atoms with Crippen molar-refractivity contribution in [1.82, 2.24) is 14.6 Å². The zero-order valence-corrected chi connectivity index (χ0v) is 14.9. The number of benzene rings is 1. The lowest BCUT2D eigenvalue weighted by molar-refractivity contribution is -0.142. The summed E-state index contributed by atoms with van der Waals surface area (Å²) in [7, 11) is 0. The molecule has 2 aromatic heterocycles. The van der Waals surface area contributed by atoms with Gasteiger partial charge < -0.3 is 0 Å². The molecule has 27 heavy (non-hydrogen) atoms. The highest BCUT2D eigenvalue weighted by atomic mass is 19.4. The number of aryl methyl sites for hydroxylation is 1. The molecule has 0 radical (unpaired) electrons. The minimum atomic E-state index is -4.55. The van der Waals surface area contributed by atoms with Crippen LogP contribution in [-0.4, -0.2) is 14.6 Å². The Labute approximate surface area is 154 Å². The summed E-state index contributed by atoms with van der Waals surface area (Å²) in [6, 6.07) is 9.37.